The summed E-state index contributed by atoms with van der Waals surface area (Å²) in [5.41, 5.74) is 2.24. The molecule has 4 nitrogen and oxygen atoms in total. The van der Waals surface area contributed by atoms with E-state index in [9.17, 15) is 10.1 Å². The molecule has 86 valence electrons. The number of aromatic nitrogens is 1. The fraction of sp³-hybridized carbons (Fsp3) is 0.0833. The third-order valence-electron chi connectivity index (χ3n) is 2.64. The molecule has 0 amide bonds. The molecule has 1 heterocycles. The van der Waals surface area contributed by atoms with Crippen molar-refractivity contribution in [3.05, 3.63) is 51.2 Å². The van der Waals surface area contributed by atoms with Crippen LogP contribution in [0.25, 0.3) is 17.0 Å². The van der Waals surface area contributed by atoms with Crippen LogP contribution in [0.4, 0.5) is 5.69 Å². The summed E-state index contributed by atoms with van der Waals surface area (Å²) < 4.78 is 0. The van der Waals surface area contributed by atoms with Gasteiger partial charge in [0.05, 0.1) is 10.4 Å². The van der Waals surface area contributed by atoms with Crippen LogP contribution in [0, 0.1) is 17.0 Å². The summed E-state index contributed by atoms with van der Waals surface area (Å²) >= 11 is 5.99. The molecule has 0 fully saturated rings. The maximum absolute atomic E-state index is 10.7. The third kappa shape index (κ3) is 1.87. The fourth-order valence-electron chi connectivity index (χ4n) is 1.74. The molecule has 17 heavy (non-hydrogen) atoms. The molecule has 0 bridgehead atoms. The van der Waals surface area contributed by atoms with E-state index in [-0.39, 0.29) is 5.69 Å². The van der Waals surface area contributed by atoms with Crippen LogP contribution in [0.5, 0.6) is 0 Å². The molecule has 0 radical (unpaired) electrons. The van der Waals surface area contributed by atoms with Crippen LogP contribution >= 0.6 is 11.6 Å². The van der Waals surface area contributed by atoms with Crippen LogP contribution < -0.4 is 0 Å². The number of aryl methyl sites for hydroxylation is 1. The van der Waals surface area contributed by atoms with Gasteiger partial charge in [0, 0.05) is 23.1 Å². The molecule has 0 aliphatic carbocycles. The van der Waals surface area contributed by atoms with Crippen molar-refractivity contribution in [2.24, 2.45) is 0 Å². The Morgan fingerprint density at radius 3 is 2.82 bits per heavy atom. The lowest BCUT2D eigenvalue weighted by Crippen LogP contribution is -1.93. The number of rotatable bonds is 2. The quantitative estimate of drug-likeness (QED) is 0.462. The van der Waals surface area contributed by atoms with Crippen molar-refractivity contribution in [1.82, 2.24) is 4.98 Å². The molecule has 2 aromatic rings. The number of halogens is 1. The first kappa shape index (κ1) is 11.5. The van der Waals surface area contributed by atoms with Crippen molar-refractivity contribution in [3.63, 3.8) is 0 Å². The molecular formula is C12H9ClN2O2. The molecule has 5 heteroatoms. The van der Waals surface area contributed by atoms with E-state index >= 15 is 0 Å². The van der Waals surface area contributed by atoms with Gasteiger partial charge < -0.3 is 0 Å². The second-order valence-corrected chi connectivity index (χ2v) is 3.96. The summed E-state index contributed by atoms with van der Waals surface area (Å²) in [6.07, 6.45) is 1.60. The monoisotopic (exact) mass is 248 g/mol. The van der Waals surface area contributed by atoms with Crippen molar-refractivity contribution in [2.45, 2.75) is 6.92 Å². The highest BCUT2D eigenvalue weighted by Crippen LogP contribution is 2.29. The number of benzene rings is 1. The van der Waals surface area contributed by atoms with Crippen LogP contribution in [-0.4, -0.2) is 9.91 Å². The van der Waals surface area contributed by atoms with E-state index in [1.165, 1.54) is 12.1 Å². The lowest BCUT2D eigenvalue weighted by Gasteiger charge is -2.07. The van der Waals surface area contributed by atoms with E-state index in [4.69, 9.17) is 11.6 Å². The maximum atomic E-state index is 10.7. The van der Waals surface area contributed by atoms with Crippen molar-refractivity contribution >= 4 is 34.3 Å². The topological polar surface area (TPSA) is 56.0 Å². The van der Waals surface area contributed by atoms with Gasteiger partial charge in [-0.1, -0.05) is 24.3 Å². The summed E-state index contributed by atoms with van der Waals surface area (Å²) in [7, 11) is 0. The highest BCUT2D eigenvalue weighted by Gasteiger charge is 2.12. The fourth-order valence-corrected chi connectivity index (χ4v) is 2.05. The van der Waals surface area contributed by atoms with E-state index < -0.39 is 4.92 Å². The number of pyridine rings is 1. The van der Waals surface area contributed by atoms with Crippen LogP contribution in [-0.2, 0) is 0 Å². The third-order valence-corrected chi connectivity index (χ3v) is 2.93. The molecule has 1 aromatic carbocycles. The van der Waals surface area contributed by atoms with Crippen LogP contribution in [0.1, 0.15) is 11.1 Å². The number of hydrogen-bond acceptors (Lipinski definition) is 3. The van der Waals surface area contributed by atoms with Crippen molar-refractivity contribution in [3.8, 4) is 0 Å². The zero-order chi connectivity index (χ0) is 12.6. The van der Waals surface area contributed by atoms with Gasteiger partial charge in [0.1, 0.15) is 5.15 Å². The van der Waals surface area contributed by atoms with Gasteiger partial charge in [0.15, 0.2) is 0 Å². The number of non-ortho nitro benzene ring substituents is 1. The van der Waals surface area contributed by atoms with E-state index in [0.29, 0.717) is 16.2 Å². The van der Waals surface area contributed by atoms with Crippen molar-refractivity contribution < 1.29 is 4.92 Å². The van der Waals surface area contributed by atoms with Crippen LogP contribution in [0.15, 0.2) is 24.8 Å². The van der Waals surface area contributed by atoms with Gasteiger partial charge in [-0.05, 0) is 18.6 Å². The largest absolute Gasteiger partial charge is 0.270 e. The van der Waals surface area contributed by atoms with Gasteiger partial charge in [0.25, 0.3) is 5.69 Å². The van der Waals surface area contributed by atoms with E-state index in [0.717, 1.165) is 10.9 Å². The Kier molecular flexibility index (Phi) is 2.81. The zero-order valence-electron chi connectivity index (χ0n) is 9.11. The molecule has 0 saturated carbocycles. The van der Waals surface area contributed by atoms with E-state index in [1.807, 2.05) is 6.92 Å². The molecule has 2 rings (SSSR count). The smallest absolute Gasteiger partial charge is 0.258 e. The summed E-state index contributed by atoms with van der Waals surface area (Å²) in [5.74, 6) is 0. The maximum Gasteiger partial charge on any atom is 0.270 e. The Morgan fingerprint density at radius 1 is 1.53 bits per heavy atom. The number of hydrogen-bond donors (Lipinski definition) is 0. The molecule has 1 aromatic heterocycles. The average molecular weight is 249 g/mol. The first-order chi connectivity index (χ1) is 8.04. The standard InChI is InChI=1S/C12H9ClN2O2/c1-3-9-7(2)10-6-8(15(16)17)4-5-11(10)14-12(9)13/h3-6H,1H2,2H3. The summed E-state index contributed by atoms with van der Waals surface area (Å²) in [5, 5.41) is 11.8. The first-order valence-electron chi connectivity index (χ1n) is 4.91. The Balaban J connectivity index is 2.84. The minimum atomic E-state index is -0.429. The second-order valence-electron chi connectivity index (χ2n) is 3.60. The number of nitro groups is 1. The van der Waals surface area contributed by atoms with Crippen molar-refractivity contribution in [1.29, 1.82) is 0 Å². The Labute approximate surface area is 103 Å². The SMILES string of the molecule is C=Cc1c(Cl)nc2ccc([N+](=O)[O-])cc2c1C. The lowest BCUT2D eigenvalue weighted by molar-refractivity contribution is -0.384. The molecular weight excluding hydrogens is 240 g/mol. The van der Waals surface area contributed by atoms with Gasteiger partial charge in [-0.2, -0.15) is 0 Å². The van der Waals surface area contributed by atoms with E-state index in [2.05, 4.69) is 11.6 Å². The van der Waals surface area contributed by atoms with Crippen LogP contribution in [0.3, 0.4) is 0 Å². The van der Waals surface area contributed by atoms with Crippen LogP contribution in [0.2, 0.25) is 5.15 Å². The number of nitrogens with zero attached hydrogens (tertiary/aromatic N) is 2. The Bertz CT molecular complexity index is 638. The van der Waals surface area contributed by atoms with Gasteiger partial charge in [0.2, 0.25) is 0 Å². The van der Waals surface area contributed by atoms with Crippen molar-refractivity contribution in [2.75, 3.05) is 0 Å². The van der Waals surface area contributed by atoms with Gasteiger partial charge in [-0.25, -0.2) is 4.98 Å². The second kappa shape index (κ2) is 4.14. The van der Waals surface area contributed by atoms with Gasteiger partial charge in [-0.15, -0.1) is 0 Å². The minimum absolute atomic E-state index is 0.0414. The molecule has 0 N–H and O–H groups in total. The molecule has 0 spiro atoms. The summed E-state index contributed by atoms with van der Waals surface area (Å²) in [6, 6.07) is 4.51. The zero-order valence-corrected chi connectivity index (χ0v) is 9.86. The molecule has 0 atom stereocenters. The predicted molar refractivity (Wildman–Crippen MR) is 68.2 cm³/mol. The average Bonchev–Trinajstić information content (AvgIpc) is 2.29. The number of fused-ring (bicyclic) bond motifs is 1. The van der Waals surface area contributed by atoms with Gasteiger partial charge in [-0.3, -0.25) is 10.1 Å². The summed E-state index contributed by atoms with van der Waals surface area (Å²) in [4.78, 5) is 14.5. The first-order valence-corrected chi connectivity index (χ1v) is 5.29. The summed E-state index contributed by atoms with van der Waals surface area (Å²) in [6.45, 7) is 5.50. The normalized spacial score (nSPS) is 10.5. The highest BCUT2D eigenvalue weighted by atomic mass is 35.5. The van der Waals surface area contributed by atoms with Gasteiger partial charge >= 0.3 is 0 Å². The molecule has 0 aliphatic rings. The Hall–Kier alpha value is -1.94. The number of nitro benzene ring substituents is 1. The lowest BCUT2D eigenvalue weighted by atomic mass is 10.0. The molecule has 0 aliphatic heterocycles. The highest BCUT2D eigenvalue weighted by molar-refractivity contribution is 6.31. The van der Waals surface area contributed by atoms with E-state index in [1.54, 1.807) is 12.1 Å². The Morgan fingerprint density at radius 2 is 2.24 bits per heavy atom. The molecule has 0 unspecified atom stereocenters. The molecule has 0 saturated heterocycles. The minimum Gasteiger partial charge on any atom is -0.258 e. The predicted octanol–water partition coefficient (Wildman–Crippen LogP) is 3.75.